The van der Waals surface area contributed by atoms with Gasteiger partial charge in [-0.25, -0.2) is 0 Å². The lowest BCUT2D eigenvalue weighted by molar-refractivity contribution is -0.0999. The van der Waals surface area contributed by atoms with Crippen LogP contribution in [0.3, 0.4) is 0 Å². The van der Waals surface area contributed by atoms with Crippen molar-refractivity contribution in [2.24, 2.45) is 40.2 Å². The van der Waals surface area contributed by atoms with Crippen LogP contribution < -0.4 is 5.73 Å². The molecule has 0 aromatic heterocycles. The Balaban J connectivity index is 0.00000109. The maximum atomic E-state index is 6.35. The van der Waals surface area contributed by atoms with Crippen LogP contribution in [0.2, 0.25) is 0 Å². The molecule has 4 aliphatic rings. The van der Waals surface area contributed by atoms with Crippen LogP contribution in [0.5, 0.6) is 0 Å². The molecule has 162 valence electrons. The van der Waals surface area contributed by atoms with Crippen molar-refractivity contribution in [1.82, 2.24) is 0 Å². The van der Waals surface area contributed by atoms with Crippen LogP contribution in [0.15, 0.2) is 11.6 Å². The fraction of sp³-hybridized carbons (Fsp3) is 0.926. The van der Waals surface area contributed by atoms with E-state index in [9.17, 15) is 0 Å². The minimum absolute atomic E-state index is 0.489. The summed E-state index contributed by atoms with van der Waals surface area (Å²) >= 11 is 0. The Bertz CT molecular complexity index is 536. The second-order valence-electron chi connectivity index (χ2n) is 10.9. The van der Waals surface area contributed by atoms with Gasteiger partial charge >= 0.3 is 0 Å². The molecule has 0 saturated heterocycles. The Kier molecular flexibility index (Phi) is 7.38. The molecule has 2 N–H and O–H groups in total. The molecule has 28 heavy (non-hydrogen) atoms. The van der Waals surface area contributed by atoms with E-state index in [-0.39, 0.29) is 0 Å². The van der Waals surface area contributed by atoms with E-state index < -0.39 is 0 Å². The molecule has 0 bridgehead atoms. The lowest BCUT2D eigenvalue weighted by atomic mass is 9.45. The average molecular weight is 388 g/mol. The third-order valence-corrected chi connectivity index (χ3v) is 9.75. The lowest BCUT2D eigenvalue weighted by Crippen LogP contribution is -2.54. The highest BCUT2D eigenvalue weighted by molar-refractivity contribution is 5.24. The molecular formula is C27H49N. The van der Waals surface area contributed by atoms with Crippen molar-refractivity contribution in [3.8, 4) is 0 Å². The van der Waals surface area contributed by atoms with Crippen molar-refractivity contribution >= 4 is 0 Å². The molecule has 7 atom stereocenters. The van der Waals surface area contributed by atoms with Crippen LogP contribution in [-0.4, -0.2) is 6.04 Å². The van der Waals surface area contributed by atoms with E-state index in [0.29, 0.717) is 16.9 Å². The highest BCUT2D eigenvalue weighted by Gasteiger charge is 2.58. The minimum Gasteiger partial charge on any atom is -0.328 e. The Hall–Kier alpha value is -0.300. The first kappa shape index (κ1) is 22.4. The Morgan fingerprint density at radius 2 is 1.75 bits per heavy atom. The summed E-state index contributed by atoms with van der Waals surface area (Å²) in [6.07, 6.45) is 21.0. The van der Waals surface area contributed by atoms with Crippen LogP contribution in [0.25, 0.3) is 0 Å². The molecule has 0 aliphatic heterocycles. The third-order valence-electron chi connectivity index (χ3n) is 9.75. The van der Waals surface area contributed by atoms with Gasteiger partial charge in [0.2, 0.25) is 0 Å². The van der Waals surface area contributed by atoms with Gasteiger partial charge in [-0.2, -0.15) is 0 Å². The van der Waals surface area contributed by atoms with E-state index in [1.165, 1.54) is 83.5 Å². The summed E-state index contributed by atoms with van der Waals surface area (Å²) in [7, 11) is 0. The standard InChI is InChI=1S/C25H43N.C2H6/c1-4-5-6-7-8-18-10-12-22-21-11-9-19-17-20(26)13-15-25(19,3)23(21)14-16-24(18,22)2;1-2/h8,19-23H,4-7,9-17,26H2,1-3H3;1-2H3/b18-8-;. The number of hydrogen-bond acceptors (Lipinski definition) is 1. The molecule has 0 spiro atoms. The van der Waals surface area contributed by atoms with Gasteiger partial charge in [0.05, 0.1) is 0 Å². The van der Waals surface area contributed by atoms with E-state index in [1.54, 1.807) is 0 Å². The number of allylic oxidation sites excluding steroid dienone is 2. The molecule has 0 aromatic rings. The Morgan fingerprint density at radius 3 is 2.50 bits per heavy atom. The molecule has 4 saturated carbocycles. The second kappa shape index (κ2) is 9.23. The normalized spacial score (nSPS) is 46.2. The highest BCUT2D eigenvalue weighted by atomic mass is 14.7. The minimum atomic E-state index is 0.489. The van der Waals surface area contributed by atoms with Crippen LogP contribution in [0.1, 0.15) is 118 Å². The van der Waals surface area contributed by atoms with E-state index in [1.807, 2.05) is 19.4 Å². The van der Waals surface area contributed by atoms with E-state index in [4.69, 9.17) is 5.73 Å². The predicted octanol–water partition coefficient (Wildman–Crippen LogP) is 7.89. The van der Waals surface area contributed by atoms with Crippen molar-refractivity contribution in [1.29, 1.82) is 0 Å². The SMILES string of the molecule is CC.CCCCC/C=C1/CCC2C3CCC4CC(N)CCC4(C)C3CCC12C. The molecule has 4 fully saturated rings. The van der Waals surface area contributed by atoms with Gasteiger partial charge < -0.3 is 5.73 Å². The number of rotatable bonds is 4. The Morgan fingerprint density at radius 1 is 0.964 bits per heavy atom. The first-order valence-corrected chi connectivity index (χ1v) is 12.9. The van der Waals surface area contributed by atoms with Crippen LogP contribution in [0.4, 0.5) is 0 Å². The van der Waals surface area contributed by atoms with Crippen molar-refractivity contribution < 1.29 is 0 Å². The van der Waals surface area contributed by atoms with Crippen LogP contribution in [0, 0.1) is 34.5 Å². The summed E-state index contributed by atoms with van der Waals surface area (Å²) in [6, 6.07) is 0.489. The second-order valence-corrected chi connectivity index (χ2v) is 10.9. The molecule has 7 unspecified atom stereocenters. The number of fused-ring (bicyclic) bond motifs is 5. The monoisotopic (exact) mass is 387 g/mol. The van der Waals surface area contributed by atoms with Crippen LogP contribution >= 0.6 is 0 Å². The zero-order valence-corrected chi connectivity index (χ0v) is 19.7. The number of unbranched alkanes of at least 4 members (excludes halogenated alkanes) is 3. The van der Waals surface area contributed by atoms with Gasteiger partial charge in [0, 0.05) is 6.04 Å². The van der Waals surface area contributed by atoms with Gasteiger partial charge in [-0.3, -0.25) is 0 Å². The lowest BCUT2D eigenvalue weighted by Gasteiger charge is -2.60. The summed E-state index contributed by atoms with van der Waals surface area (Å²) in [6.45, 7) is 11.6. The molecule has 0 amide bonds. The van der Waals surface area contributed by atoms with Gasteiger partial charge in [0.1, 0.15) is 0 Å². The van der Waals surface area contributed by atoms with Gasteiger partial charge in [-0.05, 0) is 105 Å². The smallest absolute Gasteiger partial charge is 0.00418 e. The van der Waals surface area contributed by atoms with Gasteiger partial charge in [0.15, 0.2) is 0 Å². The molecule has 0 radical (unpaired) electrons. The summed E-state index contributed by atoms with van der Waals surface area (Å²) < 4.78 is 0. The first-order valence-electron chi connectivity index (χ1n) is 12.9. The van der Waals surface area contributed by atoms with Crippen molar-refractivity contribution in [2.75, 3.05) is 0 Å². The molecule has 4 aliphatic carbocycles. The first-order chi connectivity index (χ1) is 13.5. The topological polar surface area (TPSA) is 26.0 Å². The predicted molar refractivity (Wildman–Crippen MR) is 123 cm³/mol. The average Bonchev–Trinajstić information content (AvgIpc) is 3.04. The highest BCUT2D eigenvalue weighted by Crippen LogP contribution is 2.67. The number of hydrogen-bond donors (Lipinski definition) is 1. The molecule has 1 heteroatoms. The van der Waals surface area contributed by atoms with Crippen molar-refractivity contribution in [2.45, 2.75) is 124 Å². The van der Waals surface area contributed by atoms with E-state index >= 15 is 0 Å². The van der Waals surface area contributed by atoms with Gasteiger partial charge in [0.25, 0.3) is 0 Å². The Labute approximate surface area is 176 Å². The zero-order valence-electron chi connectivity index (χ0n) is 19.7. The maximum absolute atomic E-state index is 6.35. The van der Waals surface area contributed by atoms with E-state index in [0.717, 1.165) is 23.7 Å². The summed E-state index contributed by atoms with van der Waals surface area (Å²) in [5.74, 6) is 3.89. The maximum Gasteiger partial charge on any atom is 0.00418 e. The van der Waals surface area contributed by atoms with Gasteiger partial charge in [-0.1, -0.05) is 59.1 Å². The third kappa shape index (κ3) is 3.86. The fourth-order valence-corrected chi connectivity index (χ4v) is 8.15. The van der Waals surface area contributed by atoms with Crippen molar-refractivity contribution in [3.05, 3.63) is 11.6 Å². The van der Waals surface area contributed by atoms with E-state index in [2.05, 4.69) is 26.8 Å². The molecule has 4 rings (SSSR count). The summed E-state index contributed by atoms with van der Waals surface area (Å²) in [5, 5.41) is 0. The number of nitrogens with two attached hydrogens (primary N) is 1. The molecular weight excluding hydrogens is 338 g/mol. The van der Waals surface area contributed by atoms with Crippen molar-refractivity contribution in [3.63, 3.8) is 0 Å². The molecule has 0 heterocycles. The largest absolute Gasteiger partial charge is 0.328 e. The summed E-state index contributed by atoms with van der Waals surface area (Å²) in [5.41, 5.74) is 9.36. The quantitative estimate of drug-likeness (QED) is 0.385. The van der Waals surface area contributed by atoms with Gasteiger partial charge in [-0.15, -0.1) is 0 Å². The fourth-order valence-electron chi connectivity index (χ4n) is 8.15. The summed E-state index contributed by atoms with van der Waals surface area (Å²) in [4.78, 5) is 0. The zero-order chi connectivity index (χ0) is 20.4. The molecule has 0 aromatic carbocycles. The van der Waals surface area contributed by atoms with Crippen LogP contribution in [-0.2, 0) is 0 Å². The molecule has 1 nitrogen and oxygen atoms in total.